The molecule has 0 aliphatic rings. The molecule has 1 aromatic rings. The molecule has 94 valence electrons. The largest absolute Gasteiger partial charge is 0.480 e. The van der Waals surface area contributed by atoms with E-state index in [1.807, 2.05) is 0 Å². The number of terminal acetylenes is 1. The fraction of sp³-hybridized carbons (Fsp3) is 0.167. The van der Waals surface area contributed by atoms with Crippen molar-refractivity contribution in [2.75, 3.05) is 5.32 Å². The van der Waals surface area contributed by atoms with Crippen LogP contribution in [-0.4, -0.2) is 23.0 Å². The van der Waals surface area contributed by atoms with Crippen LogP contribution in [0.15, 0.2) is 22.7 Å². The van der Waals surface area contributed by atoms with Crippen LogP contribution in [0, 0.1) is 12.3 Å². The highest BCUT2D eigenvalue weighted by atomic mass is 79.9. The zero-order chi connectivity index (χ0) is 13.7. The third kappa shape index (κ3) is 3.50. The lowest BCUT2D eigenvalue weighted by Crippen LogP contribution is -2.30. The molecular formula is C12H11BrN2O3. The molecule has 1 aromatic carbocycles. The Labute approximate surface area is 112 Å². The van der Waals surface area contributed by atoms with Gasteiger partial charge >= 0.3 is 5.97 Å². The topological polar surface area (TPSA) is 92.4 Å². The first-order valence-corrected chi connectivity index (χ1v) is 5.77. The normalized spacial score (nSPS) is 11.3. The number of halogens is 1. The van der Waals surface area contributed by atoms with Gasteiger partial charge in [0.1, 0.15) is 6.04 Å². The van der Waals surface area contributed by atoms with Crippen LogP contribution in [-0.2, 0) is 4.79 Å². The third-order valence-corrected chi connectivity index (χ3v) is 2.69. The van der Waals surface area contributed by atoms with Gasteiger partial charge in [0.2, 0.25) is 0 Å². The zero-order valence-corrected chi connectivity index (χ0v) is 10.9. The number of amides is 1. The monoisotopic (exact) mass is 310 g/mol. The van der Waals surface area contributed by atoms with Crippen molar-refractivity contribution in [2.45, 2.75) is 12.5 Å². The number of nitrogens with one attached hydrogen (secondary N) is 1. The van der Waals surface area contributed by atoms with Crippen molar-refractivity contribution in [3.63, 3.8) is 0 Å². The molecule has 0 radical (unpaired) electrons. The van der Waals surface area contributed by atoms with Crippen molar-refractivity contribution in [3.8, 4) is 12.3 Å². The van der Waals surface area contributed by atoms with Crippen LogP contribution in [0.3, 0.4) is 0 Å². The van der Waals surface area contributed by atoms with Crippen LogP contribution in [0.1, 0.15) is 16.8 Å². The first-order valence-electron chi connectivity index (χ1n) is 4.98. The maximum absolute atomic E-state index is 11.2. The molecule has 0 saturated carbocycles. The molecule has 1 unspecified atom stereocenters. The molecule has 0 bridgehead atoms. The van der Waals surface area contributed by atoms with Crippen LogP contribution in [0.4, 0.5) is 5.69 Å². The zero-order valence-electron chi connectivity index (χ0n) is 9.31. The Morgan fingerprint density at radius 1 is 1.56 bits per heavy atom. The van der Waals surface area contributed by atoms with E-state index in [9.17, 15) is 9.59 Å². The second kappa shape index (κ2) is 6.07. The highest BCUT2D eigenvalue weighted by molar-refractivity contribution is 9.10. The smallest absolute Gasteiger partial charge is 0.327 e. The van der Waals surface area contributed by atoms with E-state index in [0.29, 0.717) is 10.2 Å². The Morgan fingerprint density at radius 2 is 2.22 bits per heavy atom. The molecule has 0 fully saturated rings. The Bertz CT molecular complexity index is 523. The Morgan fingerprint density at radius 3 is 2.72 bits per heavy atom. The van der Waals surface area contributed by atoms with Crippen LogP contribution < -0.4 is 11.1 Å². The summed E-state index contributed by atoms with van der Waals surface area (Å²) in [5, 5.41) is 11.7. The Kier molecular flexibility index (Phi) is 4.75. The van der Waals surface area contributed by atoms with Gasteiger partial charge in [0.05, 0.1) is 5.56 Å². The fourth-order valence-electron chi connectivity index (χ4n) is 1.36. The number of aliphatic carboxylic acids is 1. The molecule has 1 amide bonds. The van der Waals surface area contributed by atoms with Gasteiger partial charge in [-0.3, -0.25) is 4.79 Å². The fourth-order valence-corrected chi connectivity index (χ4v) is 1.72. The second-order valence-corrected chi connectivity index (χ2v) is 4.41. The van der Waals surface area contributed by atoms with Crippen LogP contribution >= 0.6 is 15.9 Å². The maximum Gasteiger partial charge on any atom is 0.327 e. The van der Waals surface area contributed by atoms with Crippen molar-refractivity contribution in [2.24, 2.45) is 5.73 Å². The average molecular weight is 311 g/mol. The van der Waals surface area contributed by atoms with Crippen LogP contribution in [0.2, 0.25) is 0 Å². The predicted molar refractivity (Wildman–Crippen MR) is 71.2 cm³/mol. The highest BCUT2D eigenvalue weighted by Gasteiger charge is 2.18. The molecule has 4 N–H and O–H groups in total. The maximum atomic E-state index is 11.2. The lowest BCUT2D eigenvalue weighted by atomic mass is 10.1. The minimum absolute atomic E-state index is 0.0000482. The quantitative estimate of drug-likeness (QED) is 0.717. The van der Waals surface area contributed by atoms with E-state index in [1.165, 1.54) is 6.07 Å². The summed E-state index contributed by atoms with van der Waals surface area (Å²) in [6.07, 6.45) is 5.09. The molecule has 0 aliphatic carbocycles. The molecule has 0 saturated heterocycles. The summed E-state index contributed by atoms with van der Waals surface area (Å²) in [7, 11) is 0. The molecule has 0 heterocycles. The predicted octanol–water partition coefficient (Wildman–Crippen LogP) is 1.44. The highest BCUT2D eigenvalue weighted by Crippen LogP contribution is 2.22. The Hall–Kier alpha value is -2.00. The van der Waals surface area contributed by atoms with E-state index in [1.54, 1.807) is 12.1 Å². The SMILES string of the molecule is C#CCC(Nc1cc(Br)ccc1C(N)=O)C(=O)O. The number of nitrogens with two attached hydrogens (primary N) is 1. The van der Waals surface area contributed by atoms with Crippen molar-refractivity contribution >= 4 is 33.5 Å². The Balaban J connectivity index is 3.08. The first-order chi connectivity index (χ1) is 8.45. The molecular weight excluding hydrogens is 300 g/mol. The van der Waals surface area contributed by atoms with E-state index in [4.69, 9.17) is 17.3 Å². The molecule has 0 spiro atoms. The number of carboxylic acid groups (broad SMARTS) is 1. The van der Waals surface area contributed by atoms with E-state index in [0.717, 1.165) is 0 Å². The average Bonchev–Trinajstić information content (AvgIpc) is 2.28. The summed E-state index contributed by atoms with van der Waals surface area (Å²) >= 11 is 3.23. The van der Waals surface area contributed by atoms with Gasteiger partial charge in [-0.1, -0.05) is 15.9 Å². The molecule has 5 nitrogen and oxygen atoms in total. The second-order valence-electron chi connectivity index (χ2n) is 3.50. The van der Waals surface area contributed by atoms with Gasteiger partial charge in [0.15, 0.2) is 0 Å². The lowest BCUT2D eigenvalue weighted by Gasteiger charge is -2.15. The van der Waals surface area contributed by atoms with Crippen molar-refractivity contribution in [1.29, 1.82) is 0 Å². The van der Waals surface area contributed by atoms with Crippen molar-refractivity contribution < 1.29 is 14.7 Å². The summed E-state index contributed by atoms with van der Waals surface area (Å²) < 4.78 is 0.694. The van der Waals surface area contributed by atoms with Gasteiger partial charge < -0.3 is 16.2 Å². The summed E-state index contributed by atoms with van der Waals surface area (Å²) in [5.74, 6) is 0.524. The third-order valence-electron chi connectivity index (χ3n) is 2.20. The van der Waals surface area contributed by atoms with Gasteiger partial charge in [-0.2, -0.15) is 0 Å². The molecule has 0 aromatic heterocycles. The van der Waals surface area contributed by atoms with Gasteiger partial charge in [-0.05, 0) is 18.2 Å². The summed E-state index contributed by atoms with van der Waals surface area (Å²) in [4.78, 5) is 22.2. The van der Waals surface area contributed by atoms with Crippen molar-refractivity contribution in [1.82, 2.24) is 0 Å². The van der Waals surface area contributed by atoms with E-state index in [2.05, 4.69) is 27.2 Å². The van der Waals surface area contributed by atoms with Crippen LogP contribution in [0.5, 0.6) is 0 Å². The molecule has 6 heteroatoms. The standard InChI is InChI=1S/C12H11BrN2O3/c1-2-3-9(12(17)18)15-10-6-7(13)4-5-8(10)11(14)16/h1,4-6,9,15H,3H2,(H2,14,16)(H,17,18). The lowest BCUT2D eigenvalue weighted by molar-refractivity contribution is -0.137. The van der Waals surface area contributed by atoms with Crippen LogP contribution in [0.25, 0.3) is 0 Å². The van der Waals surface area contributed by atoms with E-state index >= 15 is 0 Å². The number of anilines is 1. The van der Waals surface area contributed by atoms with Gasteiger partial charge in [-0.25, -0.2) is 4.79 Å². The van der Waals surface area contributed by atoms with E-state index < -0.39 is 17.9 Å². The first kappa shape index (κ1) is 14.1. The van der Waals surface area contributed by atoms with Crippen molar-refractivity contribution in [3.05, 3.63) is 28.2 Å². The van der Waals surface area contributed by atoms with Gasteiger partial charge in [-0.15, -0.1) is 12.3 Å². The summed E-state index contributed by atoms with van der Waals surface area (Å²) in [6, 6.07) is 3.75. The number of primary amides is 1. The minimum Gasteiger partial charge on any atom is -0.480 e. The number of carbonyl (C=O) groups is 2. The molecule has 1 rings (SSSR count). The van der Waals surface area contributed by atoms with Gasteiger partial charge in [0.25, 0.3) is 5.91 Å². The number of hydrogen-bond donors (Lipinski definition) is 3. The van der Waals surface area contributed by atoms with E-state index in [-0.39, 0.29) is 12.0 Å². The number of carboxylic acids is 1. The molecule has 18 heavy (non-hydrogen) atoms. The van der Waals surface area contributed by atoms with Gasteiger partial charge in [0, 0.05) is 16.6 Å². The minimum atomic E-state index is -1.09. The number of benzene rings is 1. The molecule has 1 atom stereocenters. The summed E-state index contributed by atoms with van der Waals surface area (Å²) in [6.45, 7) is 0. The number of hydrogen-bond acceptors (Lipinski definition) is 3. The summed E-state index contributed by atoms with van der Waals surface area (Å²) in [5.41, 5.74) is 5.75. The number of rotatable bonds is 5. The molecule has 0 aliphatic heterocycles. The number of carbonyl (C=O) groups excluding carboxylic acids is 1.